The Bertz CT molecular complexity index is 341. The Labute approximate surface area is 119 Å². The van der Waals surface area contributed by atoms with Gasteiger partial charge in [0.25, 0.3) is 0 Å². The third-order valence-corrected chi connectivity index (χ3v) is 6.24. The number of fused-ring (bicyclic) bond motifs is 2. The molecular weight excluding hydrogens is 263 g/mol. The Morgan fingerprint density at radius 3 is 2.40 bits per heavy atom. The number of halogens is 3. The molecule has 0 saturated heterocycles. The molecule has 6 atom stereocenters. The van der Waals surface area contributed by atoms with Gasteiger partial charge in [-0.2, -0.15) is 13.2 Å². The molecule has 0 aromatic carbocycles. The van der Waals surface area contributed by atoms with Crippen LogP contribution in [0.1, 0.15) is 57.8 Å². The van der Waals surface area contributed by atoms with Gasteiger partial charge in [0.05, 0.1) is 5.92 Å². The first-order chi connectivity index (χ1) is 9.43. The van der Waals surface area contributed by atoms with Crippen molar-refractivity contribution in [1.29, 1.82) is 0 Å². The Kier molecular flexibility index (Phi) is 4.04. The third-order valence-electron chi connectivity index (χ3n) is 6.24. The maximum atomic E-state index is 12.9. The third kappa shape index (κ3) is 3.00. The van der Waals surface area contributed by atoms with Crippen molar-refractivity contribution in [2.24, 2.45) is 35.3 Å². The second kappa shape index (κ2) is 5.51. The van der Waals surface area contributed by atoms with Gasteiger partial charge in [-0.1, -0.05) is 12.8 Å². The molecule has 0 heterocycles. The van der Waals surface area contributed by atoms with Crippen molar-refractivity contribution in [1.82, 2.24) is 0 Å². The predicted molar refractivity (Wildman–Crippen MR) is 73.0 cm³/mol. The van der Waals surface area contributed by atoms with Crippen LogP contribution in [0.2, 0.25) is 0 Å². The topological polar surface area (TPSA) is 26.0 Å². The highest BCUT2D eigenvalue weighted by molar-refractivity contribution is 4.93. The van der Waals surface area contributed by atoms with E-state index in [0.717, 1.165) is 24.7 Å². The van der Waals surface area contributed by atoms with Crippen molar-refractivity contribution in [3.05, 3.63) is 0 Å². The van der Waals surface area contributed by atoms with Gasteiger partial charge in [0, 0.05) is 6.04 Å². The first-order valence-corrected chi connectivity index (χ1v) is 8.25. The summed E-state index contributed by atoms with van der Waals surface area (Å²) in [5, 5.41) is 0. The molecule has 3 rings (SSSR count). The monoisotopic (exact) mass is 289 g/mol. The second-order valence-corrected chi connectivity index (χ2v) is 7.50. The van der Waals surface area contributed by atoms with Crippen LogP contribution >= 0.6 is 0 Å². The molecule has 116 valence electrons. The van der Waals surface area contributed by atoms with Crippen molar-refractivity contribution in [3.63, 3.8) is 0 Å². The number of rotatable bonds is 3. The van der Waals surface area contributed by atoms with Crippen molar-refractivity contribution < 1.29 is 13.2 Å². The Hall–Kier alpha value is -0.250. The SMILES string of the molecule is NC(CC1CC2CCC1C2)C1CCCC(C(F)(F)F)C1. The van der Waals surface area contributed by atoms with E-state index >= 15 is 0 Å². The fraction of sp³-hybridized carbons (Fsp3) is 1.00. The maximum Gasteiger partial charge on any atom is 0.391 e. The summed E-state index contributed by atoms with van der Waals surface area (Å²) in [4.78, 5) is 0. The summed E-state index contributed by atoms with van der Waals surface area (Å²) in [6.07, 6.45) is 4.45. The summed E-state index contributed by atoms with van der Waals surface area (Å²) < 4.78 is 38.6. The molecule has 3 fully saturated rings. The minimum atomic E-state index is -4.02. The van der Waals surface area contributed by atoms with E-state index in [1.54, 1.807) is 0 Å². The van der Waals surface area contributed by atoms with Crippen LogP contribution in [0.15, 0.2) is 0 Å². The minimum absolute atomic E-state index is 0.00972. The van der Waals surface area contributed by atoms with E-state index in [9.17, 15) is 13.2 Å². The van der Waals surface area contributed by atoms with Gasteiger partial charge in [0.1, 0.15) is 0 Å². The van der Waals surface area contributed by atoms with Crippen LogP contribution in [-0.2, 0) is 0 Å². The number of hydrogen-bond acceptors (Lipinski definition) is 1. The van der Waals surface area contributed by atoms with Crippen molar-refractivity contribution in [3.8, 4) is 0 Å². The van der Waals surface area contributed by atoms with Gasteiger partial charge in [-0.3, -0.25) is 0 Å². The molecule has 3 aliphatic carbocycles. The van der Waals surface area contributed by atoms with Gasteiger partial charge in [-0.25, -0.2) is 0 Å². The fourth-order valence-electron chi connectivity index (χ4n) is 5.12. The summed E-state index contributed by atoms with van der Waals surface area (Å²) >= 11 is 0. The molecule has 1 nitrogen and oxygen atoms in total. The van der Waals surface area contributed by atoms with Gasteiger partial charge in [-0.15, -0.1) is 0 Å². The number of hydrogen-bond donors (Lipinski definition) is 1. The van der Waals surface area contributed by atoms with Crippen molar-refractivity contribution in [2.75, 3.05) is 0 Å². The van der Waals surface area contributed by atoms with Crippen LogP contribution in [0, 0.1) is 29.6 Å². The van der Waals surface area contributed by atoms with Crippen LogP contribution in [-0.4, -0.2) is 12.2 Å². The molecular formula is C16H26F3N. The highest BCUT2D eigenvalue weighted by atomic mass is 19.4. The van der Waals surface area contributed by atoms with E-state index in [0.29, 0.717) is 18.8 Å². The summed E-state index contributed by atoms with van der Waals surface area (Å²) in [5.74, 6) is 1.41. The zero-order valence-corrected chi connectivity index (χ0v) is 12.0. The van der Waals surface area contributed by atoms with Gasteiger partial charge >= 0.3 is 6.18 Å². The number of nitrogens with two attached hydrogens (primary N) is 1. The van der Waals surface area contributed by atoms with E-state index in [4.69, 9.17) is 5.73 Å². The zero-order chi connectivity index (χ0) is 14.3. The molecule has 2 N–H and O–H groups in total. The highest BCUT2D eigenvalue weighted by Gasteiger charge is 2.44. The van der Waals surface area contributed by atoms with Gasteiger partial charge in [0.15, 0.2) is 0 Å². The van der Waals surface area contributed by atoms with Gasteiger partial charge in [-0.05, 0) is 68.6 Å². The zero-order valence-electron chi connectivity index (χ0n) is 12.0. The van der Waals surface area contributed by atoms with Gasteiger partial charge < -0.3 is 5.73 Å². The van der Waals surface area contributed by atoms with Crippen LogP contribution in [0.25, 0.3) is 0 Å². The molecule has 0 aliphatic heterocycles. The van der Waals surface area contributed by atoms with Crippen LogP contribution < -0.4 is 5.73 Å². The molecule has 0 aromatic heterocycles. The molecule has 2 bridgehead atoms. The Balaban J connectivity index is 1.53. The molecule has 4 heteroatoms. The quantitative estimate of drug-likeness (QED) is 0.813. The lowest BCUT2D eigenvalue weighted by Crippen LogP contribution is -2.39. The maximum absolute atomic E-state index is 12.9. The molecule has 0 spiro atoms. The molecule has 3 saturated carbocycles. The first kappa shape index (κ1) is 14.7. The summed E-state index contributed by atoms with van der Waals surface area (Å²) in [5.41, 5.74) is 6.30. The summed E-state index contributed by atoms with van der Waals surface area (Å²) in [6, 6.07) is -0.00972. The van der Waals surface area contributed by atoms with E-state index < -0.39 is 12.1 Å². The fourth-order valence-corrected chi connectivity index (χ4v) is 5.12. The van der Waals surface area contributed by atoms with Crippen LogP contribution in [0.4, 0.5) is 13.2 Å². The molecule has 0 amide bonds. The van der Waals surface area contributed by atoms with Crippen LogP contribution in [0.3, 0.4) is 0 Å². The van der Waals surface area contributed by atoms with Crippen molar-refractivity contribution >= 4 is 0 Å². The first-order valence-electron chi connectivity index (χ1n) is 8.25. The lowest BCUT2D eigenvalue weighted by atomic mass is 9.74. The second-order valence-electron chi connectivity index (χ2n) is 7.50. The molecule has 6 unspecified atom stereocenters. The average molecular weight is 289 g/mol. The normalized spacial score (nSPS) is 42.9. The van der Waals surface area contributed by atoms with Gasteiger partial charge in [0.2, 0.25) is 0 Å². The lowest BCUT2D eigenvalue weighted by molar-refractivity contribution is -0.186. The van der Waals surface area contributed by atoms with E-state index in [2.05, 4.69) is 0 Å². The number of alkyl halides is 3. The minimum Gasteiger partial charge on any atom is -0.327 e. The lowest BCUT2D eigenvalue weighted by Gasteiger charge is -2.35. The largest absolute Gasteiger partial charge is 0.391 e. The molecule has 0 radical (unpaired) electrons. The molecule has 3 aliphatic rings. The van der Waals surface area contributed by atoms with Crippen LogP contribution in [0.5, 0.6) is 0 Å². The van der Waals surface area contributed by atoms with E-state index in [-0.39, 0.29) is 18.4 Å². The van der Waals surface area contributed by atoms with E-state index in [1.165, 1.54) is 25.7 Å². The predicted octanol–water partition coefficient (Wildman–Crippen LogP) is 4.51. The average Bonchev–Trinajstić information content (AvgIpc) is 3.00. The Morgan fingerprint density at radius 2 is 1.80 bits per heavy atom. The molecule has 20 heavy (non-hydrogen) atoms. The smallest absolute Gasteiger partial charge is 0.327 e. The summed E-state index contributed by atoms with van der Waals surface area (Å²) in [6.45, 7) is 0. The standard InChI is InChI=1S/C16H26F3N/c17-16(18,19)14-3-1-2-12(8-14)15(20)9-13-7-10-4-5-11(13)6-10/h10-15H,1-9,20H2. The summed E-state index contributed by atoms with van der Waals surface area (Å²) in [7, 11) is 0. The highest BCUT2D eigenvalue weighted by Crippen LogP contribution is 2.50. The molecule has 0 aromatic rings. The Morgan fingerprint density at radius 1 is 1.00 bits per heavy atom. The van der Waals surface area contributed by atoms with Crippen molar-refractivity contribution in [2.45, 2.75) is 70.0 Å². The van der Waals surface area contributed by atoms with E-state index in [1.807, 2.05) is 0 Å².